The van der Waals surface area contributed by atoms with Gasteiger partial charge in [-0.05, 0) is 74.7 Å². The van der Waals surface area contributed by atoms with Gasteiger partial charge in [-0.2, -0.15) is 0 Å². The predicted molar refractivity (Wildman–Crippen MR) is 126 cm³/mol. The number of aromatic nitrogens is 2. The van der Waals surface area contributed by atoms with Gasteiger partial charge in [0.2, 0.25) is 0 Å². The van der Waals surface area contributed by atoms with Gasteiger partial charge in [0.05, 0.1) is 17.6 Å². The first kappa shape index (κ1) is 21.3. The van der Waals surface area contributed by atoms with Crippen LogP contribution in [0.5, 0.6) is 11.5 Å². The van der Waals surface area contributed by atoms with Crippen LogP contribution in [0.2, 0.25) is 5.02 Å². The summed E-state index contributed by atoms with van der Waals surface area (Å²) in [6.45, 7) is 9.37. The first-order chi connectivity index (χ1) is 14.9. The smallest absolute Gasteiger partial charge is 0.153 e. The van der Waals surface area contributed by atoms with E-state index < -0.39 is 0 Å². The molecule has 0 N–H and O–H groups in total. The zero-order chi connectivity index (χ0) is 22.0. The van der Waals surface area contributed by atoms with Gasteiger partial charge >= 0.3 is 0 Å². The molecule has 0 saturated heterocycles. The molecule has 0 aliphatic rings. The Balaban J connectivity index is 1.58. The summed E-state index contributed by atoms with van der Waals surface area (Å²) in [5.41, 5.74) is 5.30. The average Bonchev–Trinajstić information content (AvgIpc) is 3.12. The van der Waals surface area contributed by atoms with Crippen LogP contribution in [-0.2, 0) is 6.54 Å². The van der Waals surface area contributed by atoms with Crippen molar-refractivity contribution >= 4 is 22.6 Å². The quantitative estimate of drug-likeness (QED) is 0.319. The third-order valence-electron chi connectivity index (χ3n) is 5.46. The third kappa shape index (κ3) is 4.54. The molecule has 0 amide bonds. The van der Waals surface area contributed by atoms with Crippen LogP contribution < -0.4 is 9.47 Å². The lowest BCUT2D eigenvalue weighted by Crippen LogP contribution is -2.16. The summed E-state index contributed by atoms with van der Waals surface area (Å²) in [5, 5.41) is 0.732. The maximum Gasteiger partial charge on any atom is 0.153 e. The van der Waals surface area contributed by atoms with E-state index in [0.29, 0.717) is 13.2 Å². The Morgan fingerprint density at radius 1 is 0.935 bits per heavy atom. The molecule has 31 heavy (non-hydrogen) atoms. The minimum Gasteiger partial charge on any atom is -0.491 e. The number of hydrogen-bond acceptors (Lipinski definition) is 3. The van der Waals surface area contributed by atoms with E-state index in [1.807, 2.05) is 50.2 Å². The molecule has 0 aliphatic carbocycles. The molecule has 3 aromatic carbocycles. The zero-order valence-electron chi connectivity index (χ0n) is 18.4. The molecule has 1 unspecified atom stereocenters. The van der Waals surface area contributed by atoms with E-state index in [2.05, 4.69) is 42.7 Å². The number of nitrogens with zero attached hydrogens (tertiary/aromatic N) is 2. The lowest BCUT2D eigenvalue weighted by molar-refractivity contribution is 0.207. The standard InChI is InChI=1S/C26H27ClN2O2/c1-17-8-7-9-18(2)25(17)30-15-14-29-24-11-6-5-10-23(24)28-26(29)20(4)31-21-12-13-22(27)19(3)16-21/h5-13,16,20H,14-15H2,1-4H3. The van der Waals surface area contributed by atoms with Gasteiger partial charge in [-0.1, -0.05) is 41.9 Å². The van der Waals surface area contributed by atoms with E-state index in [9.17, 15) is 0 Å². The molecule has 160 valence electrons. The molecule has 0 saturated carbocycles. The predicted octanol–water partition coefficient (Wildman–Crippen LogP) is 6.83. The molecule has 0 aliphatic heterocycles. The molecule has 0 bridgehead atoms. The van der Waals surface area contributed by atoms with Crippen molar-refractivity contribution in [1.82, 2.24) is 9.55 Å². The Morgan fingerprint density at radius 3 is 2.42 bits per heavy atom. The molecule has 5 heteroatoms. The second-order valence-corrected chi connectivity index (χ2v) is 8.26. The SMILES string of the molecule is Cc1cc(OC(C)c2nc3ccccc3n2CCOc2c(C)cccc2C)ccc1Cl. The van der Waals surface area contributed by atoms with E-state index in [4.69, 9.17) is 26.1 Å². The third-order valence-corrected chi connectivity index (χ3v) is 5.88. The van der Waals surface area contributed by atoms with Crippen molar-refractivity contribution in [3.05, 3.63) is 88.2 Å². The second kappa shape index (κ2) is 9.03. The van der Waals surface area contributed by atoms with Crippen molar-refractivity contribution in [2.75, 3.05) is 6.61 Å². The second-order valence-electron chi connectivity index (χ2n) is 7.85. The molecular formula is C26H27ClN2O2. The number of benzene rings is 3. The van der Waals surface area contributed by atoms with Gasteiger partial charge in [-0.3, -0.25) is 0 Å². The van der Waals surface area contributed by atoms with Crippen molar-refractivity contribution < 1.29 is 9.47 Å². The van der Waals surface area contributed by atoms with Gasteiger partial charge in [0.25, 0.3) is 0 Å². The first-order valence-corrected chi connectivity index (χ1v) is 10.9. The van der Waals surface area contributed by atoms with Crippen molar-refractivity contribution in [3.8, 4) is 11.5 Å². The molecule has 4 aromatic rings. The number of ether oxygens (including phenoxy) is 2. The fourth-order valence-electron chi connectivity index (χ4n) is 3.85. The average molecular weight is 435 g/mol. The summed E-state index contributed by atoms with van der Waals surface area (Å²) < 4.78 is 14.6. The van der Waals surface area contributed by atoms with E-state index in [-0.39, 0.29) is 6.10 Å². The monoisotopic (exact) mass is 434 g/mol. The minimum atomic E-state index is -0.229. The van der Waals surface area contributed by atoms with Crippen LogP contribution in [0, 0.1) is 20.8 Å². The van der Waals surface area contributed by atoms with Gasteiger partial charge in [0, 0.05) is 5.02 Å². The lowest BCUT2D eigenvalue weighted by atomic mass is 10.1. The number of fused-ring (bicyclic) bond motifs is 1. The van der Waals surface area contributed by atoms with E-state index >= 15 is 0 Å². The summed E-state index contributed by atoms with van der Waals surface area (Å²) in [7, 11) is 0. The van der Waals surface area contributed by atoms with Gasteiger partial charge in [-0.25, -0.2) is 4.98 Å². The molecule has 1 atom stereocenters. The van der Waals surface area contributed by atoms with Gasteiger partial charge < -0.3 is 14.0 Å². The summed E-state index contributed by atoms with van der Waals surface area (Å²) >= 11 is 6.16. The van der Waals surface area contributed by atoms with Gasteiger partial charge in [-0.15, -0.1) is 0 Å². The van der Waals surface area contributed by atoms with Crippen LogP contribution in [0.15, 0.2) is 60.7 Å². The van der Waals surface area contributed by atoms with Crippen LogP contribution >= 0.6 is 11.6 Å². The molecule has 1 heterocycles. The summed E-state index contributed by atoms with van der Waals surface area (Å²) in [5.74, 6) is 2.60. The summed E-state index contributed by atoms with van der Waals surface area (Å²) in [6, 6.07) is 20.1. The van der Waals surface area contributed by atoms with E-state index in [1.54, 1.807) is 0 Å². The highest BCUT2D eigenvalue weighted by Crippen LogP contribution is 2.28. The Labute approximate surface area is 188 Å². The Morgan fingerprint density at radius 2 is 1.68 bits per heavy atom. The summed E-state index contributed by atoms with van der Waals surface area (Å²) in [4.78, 5) is 4.87. The highest BCUT2D eigenvalue weighted by Gasteiger charge is 2.18. The number of halogens is 1. The topological polar surface area (TPSA) is 36.3 Å². The molecule has 4 rings (SSSR count). The summed E-state index contributed by atoms with van der Waals surface area (Å²) in [6.07, 6.45) is -0.229. The van der Waals surface area contributed by atoms with Crippen molar-refractivity contribution in [2.24, 2.45) is 0 Å². The highest BCUT2D eigenvalue weighted by atomic mass is 35.5. The van der Waals surface area contributed by atoms with Crippen molar-refractivity contribution in [3.63, 3.8) is 0 Å². The van der Waals surface area contributed by atoms with E-state index in [0.717, 1.165) is 50.1 Å². The fourth-order valence-corrected chi connectivity index (χ4v) is 3.97. The van der Waals surface area contributed by atoms with E-state index in [1.165, 1.54) is 0 Å². The normalized spacial score (nSPS) is 12.2. The van der Waals surface area contributed by atoms with Crippen LogP contribution in [0.25, 0.3) is 11.0 Å². The zero-order valence-corrected chi connectivity index (χ0v) is 19.1. The molecule has 0 fully saturated rings. The highest BCUT2D eigenvalue weighted by molar-refractivity contribution is 6.31. The number of aryl methyl sites for hydroxylation is 3. The van der Waals surface area contributed by atoms with Crippen molar-refractivity contribution in [1.29, 1.82) is 0 Å². The molecule has 0 spiro atoms. The molecule has 0 radical (unpaired) electrons. The number of imidazole rings is 1. The molecule has 1 aromatic heterocycles. The lowest BCUT2D eigenvalue weighted by Gasteiger charge is -2.18. The molecular weight excluding hydrogens is 408 g/mol. The largest absolute Gasteiger partial charge is 0.491 e. The maximum absolute atomic E-state index is 6.23. The number of rotatable bonds is 7. The van der Waals surface area contributed by atoms with Crippen LogP contribution in [0.4, 0.5) is 0 Å². The Hall–Kier alpha value is -2.98. The number of hydrogen-bond donors (Lipinski definition) is 0. The van der Waals surface area contributed by atoms with Crippen LogP contribution in [-0.4, -0.2) is 16.2 Å². The number of para-hydroxylation sites is 3. The van der Waals surface area contributed by atoms with Gasteiger partial charge in [0.15, 0.2) is 11.9 Å². The van der Waals surface area contributed by atoms with Crippen LogP contribution in [0.3, 0.4) is 0 Å². The van der Waals surface area contributed by atoms with Crippen LogP contribution in [0.1, 0.15) is 35.5 Å². The maximum atomic E-state index is 6.23. The minimum absolute atomic E-state index is 0.229. The Kier molecular flexibility index (Phi) is 6.19. The van der Waals surface area contributed by atoms with Gasteiger partial charge in [0.1, 0.15) is 18.1 Å². The van der Waals surface area contributed by atoms with Crippen molar-refractivity contribution in [2.45, 2.75) is 40.3 Å². The fraction of sp³-hybridized carbons (Fsp3) is 0.269. The molecule has 4 nitrogen and oxygen atoms in total. The Bertz CT molecular complexity index is 1200. The first-order valence-electron chi connectivity index (χ1n) is 10.5.